The quantitative estimate of drug-likeness (QED) is 0.317. The molecule has 0 radical (unpaired) electrons. The molecular formula is C17H26IN3O. The molecule has 0 amide bonds. The minimum atomic E-state index is 0.594. The highest BCUT2D eigenvalue weighted by atomic mass is 127. The second-order valence-corrected chi connectivity index (χ2v) is 7.27. The lowest BCUT2D eigenvalue weighted by molar-refractivity contribution is 0.209. The first-order chi connectivity index (χ1) is 10.7. The zero-order valence-electron chi connectivity index (χ0n) is 13.3. The summed E-state index contributed by atoms with van der Waals surface area (Å²) in [4.78, 5) is 0. The van der Waals surface area contributed by atoms with Crippen LogP contribution in [-0.2, 0) is 0 Å². The molecule has 0 aliphatic heterocycles. The van der Waals surface area contributed by atoms with Crippen molar-refractivity contribution in [2.75, 3.05) is 20.2 Å². The lowest BCUT2D eigenvalue weighted by Gasteiger charge is -2.21. The van der Waals surface area contributed by atoms with Crippen LogP contribution in [0.1, 0.15) is 44.1 Å². The highest BCUT2D eigenvalue weighted by molar-refractivity contribution is 14.1. The maximum absolute atomic E-state index is 6.02. The molecule has 2 N–H and O–H groups in total. The molecule has 22 heavy (non-hydrogen) atoms. The number of nitrogens with zero attached hydrogens (tertiary/aromatic N) is 2. The first-order valence-corrected chi connectivity index (χ1v) is 9.06. The SMILES string of the molecule is CN(I)/N=C(\CCN)c1cccc(OCC2CCCCC2)c1. The van der Waals surface area contributed by atoms with E-state index >= 15 is 0 Å². The average molecular weight is 415 g/mol. The molecule has 1 aliphatic carbocycles. The fourth-order valence-corrected chi connectivity index (χ4v) is 3.15. The number of hydrogen-bond acceptors (Lipinski definition) is 4. The zero-order valence-corrected chi connectivity index (χ0v) is 15.5. The van der Waals surface area contributed by atoms with Gasteiger partial charge in [0.1, 0.15) is 5.75 Å². The van der Waals surface area contributed by atoms with Gasteiger partial charge in [-0.2, -0.15) is 5.10 Å². The highest BCUT2D eigenvalue weighted by Gasteiger charge is 2.14. The van der Waals surface area contributed by atoms with E-state index in [-0.39, 0.29) is 0 Å². The number of nitrogens with two attached hydrogens (primary N) is 1. The van der Waals surface area contributed by atoms with Gasteiger partial charge in [-0.05, 0) is 37.4 Å². The fraction of sp³-hybridized carbons (Fsp3) is 0.588. The van der Waals surface area contributed by atoms with Crippen molar-refractivity contribution in [2.45, 2.75) is 38.5 Å². The predicted molar refractivity (Wildman–Crippen MR) is 101 cm³/mol. The van der Waals surface area contributed by atoms with Crippen LogP contribution in [0.3, 0.4) is 0 Å². The van der Waals surface area contributed by atoms with E-state index in [1.165, 1.54) is 32.1 Å². The topological polar surface area (TPSA) is 50.8 Å². The maximum Gasteiger partial charge on any atom is 0.119 e. The third-order valence-electron chi connectivity index (χ3n) is 4.02. The van der Waals surface area contributed by atoms with E-state index in [0.717, 1.165) is 36.0 Å². The van der Waals surface area contributed by atoms with Gasteiger partial charge in [-0.25, -0.2) is 3.22 Å². The van der Waals surface area contributed by atoms with Crippen LogP contribution in [0.2, 0.25) is 0 Å². The largest absolute Gasteiger partial charge is 0.493 e. The standard InChI is InChI=1S/C17H26IN3O/c1-21(18)20-17(10-11-19)15-8-5-9-16(12-15)22-13-14-6-3-2-4-7-14/h5,8-9,12,14H,2-4,6-7,10-11,13,19H2,1H3/b20-17+. The number of rotatable bonds is 7. The Morgan fingerprint density at radius 3 is 2.82 bits per heavy atom. The van der Waals surface area contributed by atoms with Crippen LogP contribution in [0.4, 0.5) is 0 Å². The summed E-state index contributed by atoms with van der Waals surface area (Å²) in [5, 5.41) is 4.53. The van der Waals surface area contributed by atoms with E-state index < -0.39 is 0 Å². The minimum Gasteiger partial charge on any atom is -0.493 e. The van der Waals surface area contributed by atoms with E-state index in [4.69, 9.17) is 10.5 Å². The molecule has 0 heterocycles. The van der Waals surface area contributed by atoms with Crippen molar-refractivity contribution in [1.82, 2.24) is 3.22 Å². The second-order valence-electron chi connectivity index (χ2n) is 5.87. The molecule has 5 heteroatoms. The number of halogens is 1. The molecule has 1 aliphatic rings. The lowest BCUT2D eigenvalue weighted by atomic mass is 9.90. The van der Waals surface area contributed by atoms with E-state index in [2.05, 4.69) is 40.1 Å². The van der Waals surface area contributed by atoms with Crippen molar-refractivity contribution in [3.63, 3.8) is 0 Å². The summed E-state index contributed by atoms with van der Waals surface area (Å²) in [5.41, 5.74) is 7.80. The molecule has 1 saturated carbocycles. The van der Waals surface area contributed by atoms with Crippen LogP contribution < -0.4 is 10.5 Å². The summed E-state index contributed by atoms with van der Waals surface area (Å²) in [6.45, 7) is 1.43. The molecule has 1 fully saturated rings. The Morgan fingerprint density at radius 2 is 2.14 bits per heavy atom. The van der Waals surface area contributed by atoms with Crippen LogP contribution in [0.25, 0.3) is 0 Å². The highest BCUT2D eigenvalue weighted by Crippen LogP contribution is 2.25. The van der Waals surface area contributed by atoms with Gasteiger partial charge in [0.15, 0.2) is 0 Å². The summed E-state index contributed by atoms with van der Waals surface area (Å²) < 4.78 is 7.81. The van der Waals surface area contributed by atoms with Crippen molar-refractivity contribution < 1.29 is 4.74 Å². The van der Waals surface area contributed by atoms with Crippen LogP contribution in [0, 0.1) is 5.92 Å². The molecule has 0 aromatic heterocycles. The van der Waals surface area contributed by atoms with Crippen LogP contribution in [0.15, 0.2) is 29.4 Å². The van der Waals surface area contributed by atoms with Crippen molar-refractivity contribution in [2.24, 2.45) is 16.8 Å². The molecular weight excluding hydrogens is 389 g/mol. The fourth-order valence-electron chi connectivity index (χ4n) is 2.89. The van der Waals surface area contributed by atoms with Gasteiger partial charge in [-0.1, -0.05) is 31.4 Å². The average Bonchev–Trinajstić information content (AvgIpc) is 2.53. The molecule has 0 unspecified atom stereocenters. The normalized spacial score (nSPS) is 16.6. The minimum absolute atomic E-state index is 0.594. The monoisotopic (exact) mass is 415 g/mol. The van der Waals surface area contributed by atoms with Crippen molar-refractivity contribution in [3.8, 4) is 5.75 Å². The van der Waals surface area contributed by atoms with Crippen LogP contribution in [0.5, 0.6) is 5.75 Å². The molecule has 0 bridgehead atoms. The van der Waals surface area contributed by atoms with Gasteiger partial charge < -0.3 is 10.5 Å². The summed E-state index contributed by atoms with van der Waals surface area (Å²) in [6, 6.07) is 8.21. The van der Waals surface area contributed by atoms with Gasteiger partial charge in [0.05, 0.1) is 35.2 Å². The van der Waals surface area contributed by atoms with Gasteiger partial charge in [-0.3, -0.25) is 0 Å². The zero-order chi connectivity index (χ0) is 15.8. The Labute approximate surface area is 147 Å². The molecule has 1 aromatic carbocycles. The van der Waals surface area contributed by atoms with Gasteiger partial charge in [0.25, 0.3) is 0 Å². The molecule has 2 rings (SSSR count). The predicted octanol–water partition coefficient (Wildman–Crippen LogP) is 3.98. The lowest BCUT2D eigenvalue weighted by Crippen LogP contribution is -2.16. The maximum atomic E-state index is 6.02. The Morgan fingerprint density at radius 1 is 1.36 bits per heavy atom. The molecule has 1 aromatic rings. The van der Waals surface area contributed by atoms with E-state index in [1.54, 1.807) is 3.22 Å². The molecule has 0 spiro atoms. The first-order valence-electron chi connectivity index (χ1n) is 8.09. The Kier molecular flexibility index (Phi) is 7.45. The molecule has 0 saturated heterocycles. The van der Waals surface area contributed by atoms with Gasteiger partial charge in [0, 0.05) is 19.0 Å². The Hall–Kier alpha value is -0.820. The Bertz CT molecular complexity index is 485. The van der Waals surface area contributed by atoms with Crippen molar-refractivity contribution >= 4 is 28.6 Å². The molecule has 122 valence electrons. The summed E-state index contributed by atoms with van der Waals surface area (Å²) in [6.07, 6.45) is 7.46. The summed E-state index contributed by atoms with van der Waals surface area (Å²) in [7, 11) is 1.92. The number of hydrogen-bond donors (Lipinski definition) is 1. The van der Waals surface area contributed by atoms with Crippen molar-refractivity contribution in [1.29, 1.82) is 0 Å². The van der Waals surface area contributed by atoms with Crippen LogP contribution >= 0.6 is 22.9 Å². The molecule has 4 nitrogen and oxygen atoms in total. The van der Waals surface area contributed by atoms with Crippen LogP contribution in [-0.4, -0.2) is 29.1 Å². The summed E-state index contributed by atoms with van der Waals surface area (Å²) in [5.74, 6) is 1.65. The second kappa shape index (κ2) is 9.35. The number of ether oxygens (including phenoxy) is 1. The van der Waals surface area contributed by atoms with E-state index in [0.29, 0.717) is 6.54 Å². The smallest absolute Gasteiger partial charge is 0.119 e. The third kappa shape index (κ3) is 5.76. The van der Waals surface area contributed by atoms with Gasteiger partial charge >= 0.3 is 0 Å². The Balaban J connectivity index is 2.01. The van der Waals surface area contributed by atoms with Gasteiger partial charge in [-0.15, -0.1) is 0 Å². The third-order valence-corrected chi connectivity index (χ3v) is 4.23. The van der Waals surface area contributed by atoms with E-state index in [9.17, 15) is 0 Å². The number of hydrazone groups is 1. The number of benzene rings is 1. The summed E-state index contributed by atoms with van der Waals surface area (Å²) >= 11 is 2.15. The van der Waals surface area contributed by atoms with Crippen molar-refractivity contribution in [3.05, 3.63) is 29.8 Å². The first kappa shape index (κ1) is 17.5. The van der Waals surface area contributed by atoms with Gasteiger partial charge in [0.2, 0.25) is 0 Å². The molecule has 0 atom stereocenters. The van der Waals surface area contributed by atoms with E-state index in [1.807, 2.05) is 19.2 Å².